The Morgan fingerprint density at radius 2 is 1.65 bits per heavy atom. The molecular formula is C12H17N3O2. The second-order valence-corrected chi connectivity index (χ2v) is 3.51. The Balaban J connectivity index is 2.50. The van der Waals surface area contributed by atoms with Crippen LogP contribution in [0.3, 0.4) is 0 Å². The lowest BCUT2D eigenvalue weighted by atomic mass is 10.2. The van der Waals surface area contributed by atoms with E-state index in [-0.39, 0.29) is 18.4 Å². The van der Waals surface area contributed by atoms with Crippen molar-refractivity contribution in [2.24, 2.45) is 0 Å². The van der Waals surface area contributed by atoms with Gasteiger partial charge in [0.25, 0.3) is 0 Å². The monoisotopic (exact) mass is 235 g/mol. The van der Waals surface area contributed by atoms with Crippen LogP contribution in [0.2, 0.25) is 0 Å². The summed E-state index contributed by atoms with van der Waals surface area (Å²) in [4.78, 5) is 22.1. The van der Waals surface area contributed by atoms with Gasteiger partial charge in [-0.3, -0.25) is 9.59 Å². The maximum Gasteiger partial charge on any atom is 0.239 e. The Bertz CT molecular complexity index is 387. The SMILES string of the molecule is CCC(=O)Nc1ccc(NCC(=O)NC)cc1. The highest BCUT2D eigenvalue weighted by molar-refractivity contribution is 5.90. The first-order chi connectivity index (χ1) is 8.15. The molecule has 0 fully saturated rings. The average molecular weight is 235 g/mol. The molecule has 3 N–H and O–H groups in total. The minimum Gasteiger partial charge on any atom is -0.376 e. The molecule has 0 spiro atoms. The van der Waals surface area contributed by atoms with E-state index in [2.05, 4.69) is 16.0 Å². The summed E-state index contributed by atoms with van der Waals surface area (Å²) in [5.41, 5.74) is 1.59. The van der Waals surface area contributed by atoms with Crippen molar-refractivity contribution in [3.8, 4) is 0 Å². The van der Waals surface area contributed by atoms with Gasteiger partial charge in [-0.25, -0.2) is 0 Å². The third-order valence-corrected chi connectivity index (χ3v) is 2.22. The fourth-order valence-corrected chi connectivity index (χ4v) is 1.19. The van der Waals surface area contributed by atoms with Crippen molar-refractivity contribution in [3.05, 3.63) is 24.3 Å². The third-order valence-electron chi connectivity index (χ3n) is 2.22. The Kier molecular flexibility index (Phi) is 5.00. The zero-order valence-corrected chi connectivity index (χ0v) is 10.0. The van der Waals surface area contributed by atoms with Crippen LogP contribution in [0, 0.1) is 0 Å². The molecule has 0 aliphatic rings. The van der Waals surface area contributed by atoms with Crippen LogP contribution in [0.25, 0.3) is 0 Å². The highest BCUT2D eigenvalue weighted by Crippen LogP contribution is 2.13. The second kappa shape index (κ2) is 6.52. The molecule has 2 amide bonds. The Morgan fingerprint density at radius 1 is 1.06 bits per heavy atom. The summed E-state index contributed by atoms with van der Waals surface area (Å²) < 4.78 is 0. The molecule has 0 radical (unpaired) electrons. The summed E-state index contributed by atoms with van der Waals surface area (Å²) in [5.74, 6) is -0.0931. The summed E-state index contributed by atoms with van der Waals surface area (Å²) in [6, 6.07) is 7.21. The summed E-state index contributed by atoms with van der Waals surface area (Å²) >= 11 is 0. The molecule has 1 aromatic rings. The van der Waals surface area contributed by atoms with Crippen molar-refractivity contribution >= 4 is 23.2 Å². The minimum atomic E-state index is -0.0756. The van der Waals surface area contributed by atoms with Crippen molar-refractivity contribution in [1.82, 2.24) is 5.32 Å². The van der Waals surface area contributed by atoms with E-state index in [1.54, 1.807) is 26.1 Å². The number of nitrogens with one attached hydrogen (secondary N) is 3. The molecule has 0 unspecified atom stereocenters. The molecule has 1 aromatic carbocycles. The normalized spacial score (nSPS) is 9.53. The van der Waals surface area contributed by atoms with Crippen LogP contribution in [0.5, 0.6) is 0 Å². The van der Waals surface area contributed by atoms with Gasteiger partial charge in [-0.2, -0.15) is 0 Å². The maximum atomic E-state index is 11.1. The van der Waals surface area contributed by atoms with E-state index in [4.69, 9.17) is 0 Å². The van der Waals surface area contributed by atoms with Gasteiger partial charge in [-0.1, -0.05) is 6.92 Å². The van der Waals surface area contributed by atoms with Gasteiger partial charge in [0.1, 0.15) is 0 Å². The van der Waals surface area contributed by atoms with E-state index in [1.807, 2.05) is 12.1 Å². The Hall–Kier alpha value is -2.04. The van der Waals surface area contributed by atoms with E-state index < -0.39 is 0 Å². The number of hydrogen-bond acceptors (Lipinski definition) is 3. The molecule has 0 aromatic heterocycles. The molecule has 1 rings (SSSR count). The molecular weight excluding hydrogens is 218 g/mol. The summed E-state index contributed by atoms with van der Waals surface area (Å²) in [6.07, 6.45) is 0.455. The molecule has 0 saturated carbocycles. The van der Waals surface area contributed by atoms with Crippen molar-refractivity contribution in [2.75, 3.05) is 24.2 Å². The predicted octanol–water partition coefficient (Wildman–Crippen LogP) is 1.19. The minimum absolute atomic E-state index is 0.0175. The maximum absolute atomic E-state index is 11.1. The predicted molar refractivity (Wildman–Crippen MR) is 67.9 cm³/mol. The Labute approximate surface area is 101 Å². The van der Waals surface area contributed by atoms with Crippen LogP contribution in [-0.4, -0.2) is 25.4 Å². The molecule has 0 heterocycles. The number of likely N-dealkylation sites (N-methyl/N-ethyl adjacent to an activating group) is 1. The van der Waals surface area contributed by atoms with Crippen molar-refractivity contribution in [1.29, 1.82) is 0 Å². The van der Waals surface area contributed by atoms with Gasteiger partial charge in [-0.05, 0) is 24.3 Å². The standard InChI is InChI=1S/C12H17N3O2/c1-3-11(16)15-10-6-4-9(5-7-10)14-8-12(17)13-2/h4-7,14H,3,8H2,1-2H3,(H,13,17)(H,15,16). The van der Waals surface area contributed by atoms with Gasteiger partial charge in [-0.15, -0.1) is 0 Å². The fourth-order valence-electron chi connectivity index (χ4n) is 1.19. The summed E-state index contributed by atoms with van der Waals surface area (Å²) in [6.45, 7) is 2.03. The fraction of sp³-hybridized carbons (Fsp3) is 0.333. The number of anilines is 2. The highest BCUT2D eigenvalue weighted by Gasteiger charge is 2.00. The number of amides is 2. The molecule has 0 aliphatic carbocycles. The van der Waals surface area contributed by atoms with Crippen molar-refractivity contribution in [3.63, 3.8) is 0 Å². The lowest BCUT2D eigenvalue weighted by Gasteiger charge is -2.07. The van der Waals surface area contributed by atoms with E-state index in [0.717, 1.165) is 11.4 Å². The molecule has 17 heavy (non-hydrogen) atoms. The molecule has 92 valence electrons. The van der Waals surface area contributed by atoms with Crippen LogP contribution in [0.1, 0.15) is 13.3 Å². The number of rotatable bonds is 5. The molecule has 5 heteroatoms. The molecule has 0 saturated heterocycles. The molecule has 0 bridgehead atoms. The lowest BCUT2D eigenvalue weighted by Crippen LogP contribution is -2.26. The zero-order valence-electron chi connectivity index (χ0n) is 10.0. The quantitative estimate of drug-likeness (QED) is 0.718. The van der Waals surface area contributed by atoms with Crippen molar-refractivity contribution in [2.45, 2.75) is 13.3 Å². The first kappa shape index (κ1) is 13.0. The van der Waals surface area contributed by atoms with E-state index in [9.17, 15) is 9.59 Å². The molecule has 5 nitrogen and oxygen atoms in total. The number of carbonyl (C=O) groups is 2. The van der Waals surface area contributed by atoms with Crippen LogP contribution in [0.15, 0.2) is 24.3 Å². The van der Waals surface area contributed by atoms with Gasteiger partial charge < -0.3 is 16.0 Å². The largest absolute Gasteiger partial charge is 0.376 e. The average Bonchev–Trinajstić information content (AvgIpc) is 2.37. The number of benzene rings is 1. The van der Waals surface area contributed by atoms with E-state index in [0.29, 0.717) is 6.42 Å². The van der Waals surface area contributed by atoms with Gasteiger partial charge in [0.2, 0.25) is 11.8 Å². The number of hydrogen-bond donors (Lipinski definition) is 3. The molecule has 0 atom stereocenters. The summed E-state index contributed by atoms with van der Waals surface area (Å²) in [5, 5.41) is 8.24. The van der Waals surface area contributed by atoms with Gasteiger partial charge >= 0.3 is 0 Å². The van der Waals surface area contributed by atoms with E-state index in [1.165, 1.54) is 0 Å². The Morgan fingerprint density at radius 3 is 2.18 bits per heavy atom. The smallest absolute Gasteiger partial charge is 0.239 e. The second-order valence-electron chi connectivity index (χ2n) is 3.51. The number of carbonyl (C=O) groups excluding carboxylic acids is 2. The first-order valence-electron chi connectivity index (χ1n) is 5.50. The lowest BCUT2D eigenvalue weighted by molar-refractivity contribution is -0.119. The third kappa shape index (κ3) is 4.55. The van der Waals surface area contributed by atoms with Gasteiger partial charge in [0.05, 0.1) is 6.54 Å². The zero-order chi connectivity index (χ0) is 12.7. The van der Waals surface area contributed by atoms with Gasteiger partial charge in [0.15, 0.2) is 0 Å². The van der Waals surface area contributed by atoms with Crippen LogP contribution >= 0.6 is 0 Å². The van der Waals surface area contributed by atoms with Crippen LogP contribution in [-0.2, 0) is 9.59 Å². The first-order valence-corrected chi connectivity index (χ1v) is 5.50. The molecule has 0 aliphatic heterocycles. The van der Waals surface area contributed by atoms with Crippen LogP contribution in [0.4, 0.5) is 11.4 Å². The van der Waals surface area contributed by atoms with Gasteiger partial charge in [0, 0.05) is 24.8 Å². The van der Waals surface area contributed by atoms with E-state index >= 15 is 0 Å². The van der Waals surface area contributed by atoms with Crippen LogP contribution < -0.4 is 16.0 Å². The van der Waals surface area contributed by atoms with Crippen molar-refractivity contribution < 1.29 is 9.59 Å². The summed E-state index contributed by atoms with van der Waals surface area (Å²) in [7, 11) is 1.59. The topological polar surface area (TPSA) is 70.2 Å². The highest BCUT2D eigenvalue weighted by atomic mass is 16.2.